The van der Waals surface area contributed by atoms with Crippen LogP contribution in [-0.2, 0) is 6.42 Å². The maximum atomic E-state index is 5.84. The summed E-state index contributed by atoms with van der Waals surface area (Å²) in [6.45, 7) is 6.33. The highest BCUT2D eigenvalue weighted by Gasteiger charge is 2.08. The molecule has 80 valence electrons. The third kappa shape index (κ3) is 1.90. The molecule has 0 fully saturated rings. The van der Waals surface area contributed by atoms with E-state index >= 15 is 0 Å². The highest BCUT2D eigenvalue weighted by atomic mass is 14.7. The van der Waals surface area contributed by atoms with Gasteiger partial charge in [0.1, 0.15) is 0 Å². The van der Waals surface area contributed by atoms with Crippen LogP contribution in [0.4, 0.5) is 0 Å². The topological polar surface area (TPSA) is 41.8 Å². The van der Waals surface area contributed by atoms with Crippen molar-refractivity contribution < 1.29 is 0 Å². The van der Waals surface area contributed by atoms with Crippen LogP contribution in [0.2, 0.25) is 0 Å². The fourth-order valence-electron chi connectivity index (χ4n) is 2.25. The van der Waals surface area contributed by atoms with Gasteiger partial charge in [0.05, 0.1) is 0 Å². The summed E-state index contributed by atoms with van der Waals surface area (Å²) in [6.07, 6.45) is 3.02. The van der Waals surface area contributed by atoms with Crippen LogP contribution >= 0.6 is 0 Å². The molecule has 1 unspecified atom stereocenters. The van der Waals surface area contributed by atoms with Gasteiger partial charge in [-0.3, -0.25) is 0 Å². The molecule has 0 saturated carbocycles. The zero-order valence-electron chi connectivity index (χ0n) is 9.59. The van der Waals surface area contributed by atoms with E-state index in [1.165, 1.54) is 27.6 Å². The Morgan fingerprint density at radius 1 is 1.33 bits per heavy atom. The molecule has 0 spiro atoms. The van der Waals surface area contributed by atoms with Crippen molar-refractivity contribution in [2.24, 2.45) is 5.73 Å². The van der Waals surface area contributed by atoms with Crippen molar-refractivity contribution in [3.8, 4) is 0 Å². The average molecular weight is 202 g/mol. The number of fused-ring (bicyclic) bond motifs is 1. The highest BCUT2D eigenvalue weighted by molar-refractivity contribution is 5.87. The average Bonchev–Trinajstić information content (AvgIpc) is 2.46. The number of benzene rings is 1. The monoisotopic (exact) mass is 202 g/mol. The summed E-state index contributed by atoms with van der Waals surface area (Å²) in [4.78, 5) is 3.32. The van der Waals surface area contributed by atoms with Gasteiger partial charge >= 0.3 is 0 Å². The Balaban J connectivity index is 2.58. The van der Waals surface area contributed by atoms with Crippen molar-refractivity contribution in [1.29, 1.82) is 0 Å². The molecule has 1 aromatic carbocycles. The second-order valence-corrected chi connectivity index (χ2v) is 4.50. The summed E-state index contributed by atoms with van der Waals surface area (Å²) in [5.74, 6) is 0. The predicted molar refractivity (Wildman–Crippen MR) is 65.1 cm³/mol. The molecule has 2 rings (SSSR count). The molecule has 3 N–H and O–H groups in total. The van der Waals surface area contributed by atoms with Crippen molar-refractivity contribution in [3.05, 3.63) is 35.0 Å². The number of nitrogens with one attached hydrogen (secondary N) is 1. The normalized spacial score (nSPS) is 13.3. The smallest absolute Gasteiger partial charge is 0.0462 e. The second-order valence-electron chi connectivity index (χ2n) is 4.50. The molecule has 15 heavy (non-hydrogen) atoms. The van der Waals surface area contributed by atoms with Gasteiger partial charge in [-0.25, -0.2) is 0 Å². The van der Waals surface area contributed by atoms with E-state index in [1.54, 1.807) is 0 Å². The highest BCUT2D eigenvalue weighted by Crippen LogP contribution is 2.24. The van der Waals surface area contributed by atoms with Crippen LogP contribution in [0.5, 0.6) is 0 Å². The first kappa shape index (κ1) is 10.2. The quantitative estimate of drug-likeness (QED) is 0.772. The number of aromatic amines is 1. The van der Waals surface area contributed by atoms with Crippen molar-refractivity contribution >= 4 is 10.9 Å². The van der Waals surface area contributed by atoms with Crippen molar-refractivity contribution in [2.45, 2.75) is 33.2 Å². The van der Waals surface area contributed by atoms with E-state index in [0.717, 1.165) is 6.42 Å². The van der Waals surface area contributed by atoms with Gasteiger partial charge in [-0.15, -0.1) is 0 Å². The lowest BCUT2D eigenvalue weighted by atomic mass is 10.0. The standard InChI is InChI=1S/C13H18N2/c1-8-4-9(2)13-11(6-10(3)14)7-15-12(13)5-8/h4-5,7,10,15H,6,14H2,1-3H3. The molecule has 1 heterocycles. The van der Waals surface area contributed by atoms with Gasteiger partial charge in [0, 0.05) is 23.1 Å². The van der Waals surface area contributed by atoms with Crippen LogP contribution in [0.1, 0.15) is 23.6 Å². The second kappa shape index (κ2) is 3.70. The number of hydrogen-bond acceptors (Lipinski definition) is 1. The molecule has 0 aliphatic heterocycles. The molecule has 0 radical (unpaired) electrons. The number of hydrogen-bond donors (Lipinski definition) is 2. The summed E-state index contributed by atoms with van der Waals surface area (Å²) in [5, 5.41) is 1.35. The predicted octanol–water partition coefficient (Wildman–Crippen LogP) is 2.67. The Morgan fingerprint density at radius 2 is 2.07 bits per heavy atom. The third-order valence-corrected chi connectivity index (χ3v) is 2.74. The van der Waals surface area contributed by atoms with E-state index < -0.39 is 0 Å². The summed E-state index contributed by atoms with van der Waals surface area (Å²) < 4.78 is 0. The molecule has 0 aliphatic carbocycles. The van der Waals surface area contributed by atoms with Crippen molar-refractivity contribution in [1.82, 2.24) is 4.98 Å². The SMILES string of the molecule is Cc1cc(C)c2c(CC(C)N)c[nH]c2c1. The Morgan fingerprint density at radius 3 is 2.73 bits per heavy atom. The molecule has 0 amide bonds. The maximum absolute atomic E-state index is 5.84. The van der Waals surface area contributed by atoms with E-state index in [0.29, 0.717) is 0 Å². The van der Waals surface area contributed by atoms with E-state index in [-0.39, 0.29) is 6.04 Å². The number of H-pyrrole nitrogens is 1. The number of rotatable bonds is 2. The lowest BCUT2D eigenvalue weighted by Gasteiger charge is -2.05. The number of aromatic nitrogens is 1. The van der Waals surface area contributed by atoms with Gasteiger partial charge in [-0.1, -0.05) is 6.07 Å². The number of aryl methyl sites for hydroxylation is 2. The first-order valence-corrected chi connectivity index (χ1v) is 5.40. The molecule has 2 nitrogen and oxygen atoms in total. The molecular weight excluding hydrogens is 184 g/mol. The minimum atomic E-state index is 0.213. The van der Waals surface area contributed by atoms with Crippen LogP contribution in [0.3, 0.4) is 0 Å². The molecule has 1 atom stereocenters. The van der Waals surface area contributed by atoms with Crippen LogP contribution in [0.25, 0.3) is 10.9 Å². The van der Waals surface area contributed by atoms with Crippen molar-refractivity contribution in [3.63, 3.8) is 0 Å². The van der Waals surface area contributed by atoms with Crippen LogP contribution in [0, 0.1) is 13.8 Å². The molecule has 2 aromatic rings. The third-order valence-electron chi connectivity index (χ3n) is 2.74. The van der Waals surface area contributed by atoms with Gasteiger partial charge in [-0.2, -0.15) is 0 Å². The van der Waals surface area contributed by atoms with Crippen LogP contribution < -0.4 is 5.73 Å². The van der Waals surface area contributed by atoms with Crippen LogP contribution in [-0.4, -0.2) is 11.0 Å². The number of nitrogens with two attached hydrogens (primary N) is 1. The molecular formula is C13H18N2. The lowest BCUT2D eigenvalue weighted by Crippen LogP contribution is -2.17. The van der Waals surface area contributed by atoms with E-state index in [1.807, 2.05) is 6.92 Å². The molecule has 2 heteroatoms. The van der Waals surface area contributed by atoms with Gasteiger partial charge in [0.25, 0.3) is 0 Å². The Kier molecular flexibility index (Phi) is 2.53. The van der Waals surface area contributed by atoms with Gasteiger partial charge in [0.2, 0.25) is 0 Å². The van der Waals surface area contributed by atoms with E-state index in [4.69, 9.17) is 5.73 Å². The van der Waals surface area contributed by atoms with Gasteiger partial charge in [-0.05, 0) is 49.9 Å². The fourth-order valence-corrected chi connectivity index (χ4v) is 2.25. The summed E-state index contributed by atoms with van der Waals surface area (Å²) in [7, 11) is 0. The van der Waals surface area contributed by atoms with Gasteiger partial charge < -0.3 is 10.7 Å². The lowest BCUT2D eigenvalue weighted by molar-refractivity contribution is 0.741. The van der Waals surface area contributed by atoms with E-state index in [9.17, 15) is 0 Å². The molecule has 0 bridgehead atoms. The fraction of sp³-hybridized carbons (Fsp3) is 0.385. The van der Waals surface area contributed by atoms with Crippen LogP contribution in [0.15, 0.2) is 18.3 Å². The first-order valence-electron chi connectivity index (χ1n) is 5.40. The van der Waals surface area contributed by atoms with Gasteiger partial charge in [0.15, 0.2) is 0 Å². The zero-order valence-corrected chi connectivity index (χ0v) is 9.59. The van der Waals surface area contributed by atoms with Crippen molar-refractivity contribution in [2.75, 3.05) is 0 Å². The van der Waals surface area contributed by atoms with E-state index in [2.05, 4.69) is 37.2 Å². The minimum absolute atomic E-state index is 0.213. The summed E-state index contributed by atoms with van der Waals surface area (Å²) in [5.41, 5.74) is 11.0. The largest absolute Gasteiger partial charge is 0.361 e. The first-order chi connectivity index (χ1) is 7.08. The summed E-state index contributed by atoms with van der Waals surface area (Å²) in [6, 6.07) is 4.62. The summed E-state index contributed by atoms with van der Waals surface area (Å²) >= 11 is 0. The zero-order chi connectivity index (χ0) is 11.0. The Hall–Kier alpha value is -1.28. The molecule has 1 aromatic heterocycles. The minimum Gasteiger partial charge on any atom is -0.361 e. The molecule has 0 aliphatic rings. The Bertz CT molecular complexity index is 480. The molecule has 0 saturated heterocycles. The maximum Gasteiger partial charge on any atom is 0.0462 e. The Labute approximate surface area is 90.5 Å².